The lowest BCUT2D eigenvalue weighted by atomic mass is 10.2. The van der Waals surface area contributed by atoms with Crippen molar-refractivity contribution in [1.82, 2.24) is 25.0 Å². The van der Waals surface area contributed by atoms with Crippen LogP contribution >= 0.6 is 35.1 Å². The van der Waals surface area contributed by atoms with Crippen LogP contribution in [0.4, 0.5) is 0 Å². The summed E-state index contributed by atoms with van der Waals surface area (Å²) < 4.78 is 1.99. The number of carbonyl (C=O) groups is 1. The van der Waals surface area contributed by atoms with E-state index in [-0.39, 0.29) is 17.7 Å². The van der Waals surface area contributed by atoms with E-state index in [4.69, 9.17) is 11.6 Å². The zero-order valence-corrected chi connectivity index (χ0v) is 21.1. The monoisotopic (exact) mass is 489 g/mol. The fourth-order valence-electron chi connectivity index (χ4n) is 2.88. The number of halogens is 1. The Kier molecular flexibility index (Phi) is 9.04. The van der Waals surface area contributed by atoms with Gasteiger partial charge in [0.15, 0.2) is 11.0 Å². The number of amides is 1. The van der Waals surface area contributed by atoms with Gasteiger partial charge in [-0.2, -0.15) is 0 Å². The predicted molar refractivity (Wildman–Crippen MR) is 134 cm³/mol. The van der Waals surface area contributed by atoms with Crippen LogP contribution < -0.4 is 5.32 Å². The van der Waals surface area contributed by atoms with Gasteiger partial charge in [0.1, 0.15) is 0 Å². The molecule has 1 atom stereocenters. The summed E-state index contributed by atoms with van der Waals surface area (Å²) in [6, 6.07) is 16.0. The van der Waals surface area contributed by atoms with Crippen LogP contribution in [-0.2, 0) is 4.79 Å². The van der Waals surface area contributed by atoms with Crippen molar-refractivity contribution < 1.29 is 4.79 Å². The number of aryl methyl sites for hydroxylation is 1. The Labute approximate surface area is 203 Å². The highest BCUT2D eigenvalue weighted by Crippen LogP contribution is 2.27. The smallest absolute Gasteiger partial charge is 0.230 e. The Hall–Kier alpha value is -2.00. The molecule has 32 heavy (non-hydrogen) atoms. The number of thioether (sulfide) groups is 2. The van der Waals surface area contributed by atoms with Gasteiger partial charge in [0.05, 0.1) is 11.8 Å². The van der Waals surface area contributed by atoms with Gasteiger partial charge >= 0.3 is 0 Å². The van der Waals surface area contributed by atoms with Gasteiger partial charge in [-0.25, -0.2) is 0 Å². The zero-order valence-electron chi connectivity index (χ0n) is 18.7. The molecule has 0 aliphatic heterocycles. The van der Waals surface area contributed by atoms with Crippen LogP contribution in [-0.4, -0.2) is 57.7 Å². The molecule has 1 heterocycles. The Morgan fingerprint density at radius 2 is 1.78 bits per heavy atom. The van der Waals surface area contributed by atoms with Gasteiger partial charge in [-0.3, -0.25) is 14.3 Å². The van der Waals surface area contributed by atoms with E-state index in [1.54, 1.807) is 11.8 Å². The molecule has 170 valence electrons. The maximum absolute atomic E-state index is 12.4. The van der Waals surface area contributed by atoms with Crippen LogP contribution in [0.15, 0.2) is 58.6 Å². The molecule has 0 radical (unpaired) electrons. The molecule has 3 rings (SSSR count). The lowest BCUT2D eigenvalue weighted by Gasteiger charge is -2.20. The van der Waals surface area contributed by atoms with Crippen LogP contribution in [0.3, 0.4) is 0 Å². The van der Waals surface area contributed by atoms with E-state index < -0.39 is 0 Å². The van der Waals surface area contributed by atoms with E-state index in [2.05, 4.69) is 58.5 Å². The number of aromatic nitrogens is 3. The summed E-state index contributed by atoms with van der Waals surface area (Å²) in [5.41, 5.74) is 2.16. The average molecular weight is 490 g/mol. The second kappa shape index (κ2) is 11.7. The van der Waals surface area contributed by atoms with Crippen LogP contribution in [0.2, 0.25) is 5.02 Å². The number of benzene rings is 2. The zero-order chi connectivity index (χ0) is 23.1. The Morgan fingerprint density at radius 3 is 2.44 bits per heavy atom. The molecular weight excluding hydrogens is 462 g/mol. The van der Waals surface area contributed by atoms with Gasteiger partial charge in [0.2, 0.25) is 5.91 Å². The average Bonchev–Trinajstić information content (AvgIpc) is 3.20. The first kappa shape index (κ1) is 24.6. The Balaban J connectivity index is 1.59. The number of rotatable bonds is 10. The van der Waals surface area contributed by atoms with Crippen molar-refractivity contribution in [2.75, 3.05) is 32.1 Å². The Morgan fingerprint density at radius 1 is 1.09 bits per heavy atom. The maximum atomic E-state index is 12.4. The first-order chi connectivity index (χ1) is 15.3. The van der Waals surface area contributed by atoms with E-state index in [0.29, 0.717) is 16.7 Å². The van der Waals surface area contributed by atoms with E-state index in [1.807, 2.05) is 42.9 Å². The largest absolute Gasteiger partial charge is 0.355 e. The lowest BCUT2D eigenvalue weighted by molar-refractivity contribution is -0.118. The third-order valence-electron chi connectivity index (χ3n) is 4.94. The van der Waals surface area contributed by atoms with Crippen molar-refractivity contribution >= 4 is 41.0 Å². The molecule has 1 N–H and O–H groups in total. The van der Waals surface area contributed by atoms with E-state index >= 15 is 0 Å². The highest BCUT2D eigenvalue weighted by atomic mass is 35.5. The van der Waals surface area contributed by atoms with Gasteiger partial charge in [-0.05, 0) is 64.3 Å². The third-order valence-corrected chi connectivity index (χ3v) is 7.13. The summed E-state index contributed by atoms with van der Waals surface area (Å²) in [7, 11) is 4.00. The molecule has 0 saturated carbocycles. The summed E-state index contributed by atoms with van der Waals surface area (Å²) in [4.78, 5) is 15.7. The highest BCUT2D eigenvalue weighted by Gasteiger charge is 2.21. The summed E-state index contributed by atoms with van der Waals surface area (Å²) in [5.74, 6) is 1.89. The molecule has 9 heteroatoms. The van der Waals surface area contributed by atoms with Gasteiger partial charge < -0.3 is 5.32 Å². The first-order valence-electron chi connectivity index (χ1n) is 10.3. The summed E-state index contributed by atoms with van der Waals surface area (Å²) >= 11 is 9.18. The third kappa shape index (κ3) is 6.75. The molecule has 0 aliphatic rings. The first-order valence-corrected chi connectivity index (χ1v) is 12.7. The van der Waals surface area contributed by atoms with Crippen molar-refractivity contribution in [1.29, 1.82) is 0 Å². The van der Waals surface area contributed by atoms with Crippen LogP contribution in [0.1, 0.15) is 24.4 Å². The van der Waals surface area contributed by atoms with Gasteiger partial charge in [0.25, 0.3) is 0 Å². The Bertz CT molecular complexity index is 1020. The topological polar surface area (TPSA) is 63.1 Å². The van der Waals surface area contributed by atoms with E-state index in [9.17, 15) is 4.79 Å². The molecule has 0 fully saturated rings. The second-order valence-electron chi connectivity index (χ2n) is 7.59. The SMILES string of the molecule is Cc1ccc(SCCNC(=O)CSc2nnc(C(C)N(C)C)n2-c2ccc(Cl)cc2)cc1. The molecule has 0 bridgehead atoms. The minimum absolute atomic E-state index is 0.0210. The summed E-state index contributed by atoms with van der Waals surface area (Å²) in [6.07, 6.45) is 0. The van der Waals surface area contributed by atoms with Gasteiger partial charge in [0, 0.05) is 27.9 Å². The molecule has 1 amide bonds. The number of nitrogens with zero attached hydrogens (tertiary/aromatic N) is 4. The molecule has 1 unspecified atom stereocenters. The lowest BCUT2D eigenvalue weighted by Crippen LogP contribution is -2.27. The van der Waals surface area contributed by atoms with Crippen molar-refractivity contribution in [3.8, 4) is 5.69 Å². The number of nitrogens with one attached hydrogen (secondary N) is 1. The molecule has 0 saturated heterocycles. The van der Waals surface area contributed by atoms with Crippen molar-refractivity contribution in [2.45, 2.75) is 29.9 Å². The molecule has 1 aromatic heterocycles. The fraction of sp³-hybridized carbons (Fsp3) is 0.348. The number of hydrogen-bond acceptors (Lipinski definition) is 6. The van der Waals surface area contributed by atoms with E-state index in [0.717, 1.165) is 17.3 Å². The summed E-state index contributed by atoms with van der Waals surface area (Å²) in [6.45, 7) is 4.76. The highest BCUT2D eigenvalue weighted by molar-refractivity contribution is 7.99. The van der Waals surface area contributed by atoms with Crippen molar-refractivity contribution in [3.63, 3.8) is 0 Å². The standard InChI is InChI=1S/C23H28ClN5OS2/c1-16-5-11-20(12-6-16)31-14-13-25-21(30)15-32-23-27-26-22(17(2)28(3)4)29(23)19-9-7-18(24)8-10-19/h5-12,17H,13-15H2,1-4H3,(H,25,30). The van der Waals surface area contributed by atoms with E-state index in [1.165, 1.54) is 22.2 Å². The van der Waals surface area contributed by atoms with Crippen LogP contribution in [0, 0.1) is 6.92 Å². The maximum Gasteiger partial charge on any atom is 0.230 e. The van der Waals surface area contributed by atoms with Crippen LogP contribution in [0.5, 0.6) is 0 Å². The minimum Gasteiger partial charge on any atom is -0.355 e. The van der Waals surface area contributed by atoms with Gasteiger partial charge in [-0.1, -0.05) is 41.1 Å². The molecule has 6 nitrogen and oxygen atoms in total. The predicted octanol–water partition coefficient (Wildman–Crippen LogP) is 4.85. The van der Waals surface area contributed by atoms with Gasteiger partial charge in [-0.15, -0.1) is 22.0 Å². The normalized spacial score (nSPS) is 12.2. The quantitative estimate of drug-likeness (QED) is 0.324. The molecule has 0 spiro atoms. The molecule has 2 aromatic carbocycles. The van der Waals surface area contributed by atoms with Crippen molar-refractivity contribution in [3.05, 3.63) is 64.9 Å². The number of hydrogen-bond donors (Lipinski definition) is 1. The molecular formula is C23H28ClN5OS2. The number of carbonyl (C=O) groups excluding carboxylic acids is 1. The molecule has 0 aliphatic carbocycles. The minimum atomic E-state index is -0.0210. The fourth-order valence-corrected chi connectivity index (χ4v) is 4.57. The second-order valence-corrected chi connectivity index (χ2v) is 10.1. The van der Waals surface area contributed by atoms with Crippen LogP contribution in [0.25, 0.3) is 5.69 Å². The van der Waals surface area contributed by atoms with Crippen molar-refractivity contribution in [2.24, 2.45) is 0 Å². The molecule has 3 aromatic rings. The summed E-state index contributed by atoms with van der Waals surface area (Å²) in [5, 5.41) is 13.1.